The number of hydrogen-bond donors (Lipinski definition) is 1. The van der Waals surface area contributed by atoms with Crippen molar-refractivity contribution in [2.75, 3.05) is 5.32 Å². The molecule has 0 aliphatic rings. The molecule has 0 saturated heterocycles. The molecule has 1 aromatic carbocycles. The highest BCUT2D eigenvalue weighted by Crippen LogP contribution is 2.16. The second-order valence-electron chi connectivity index (χ2n) is 3.19. The zero-order chi connectivity index (χ0) is 12.1. The minimum atomic E-state index is -0.205. The van der Waals surface area contributed by atoms with Crippen LogP contribution in [0.3, 0.4) is 0 Å². The van der Waals surface area contributed by atoms with E-state index < -0.39 is 0 Å². The molecule has 86 valence electrons. The van der Waals surface area contributed by atoms with Gasteiger partial charge in [0.1, 0.15) is 0 Å². The van der Waals surface area contributed by atoms with Crippen LogP contribution >= 0.6 is 27.3 Å². The molecule has 0 saturated carbocycles. The van der Waals surface area contributed by atoms with Crippen LogP contribution in [0.5, 0.6) is 0 Å². The van der Waals surface area contributed by atoms with Gasteiger partial charge in [0.2, 0.25) is 0 Å². The Morgan fingerprint density at radius 1 is 1.35 bits per heavy atom. The number of carbonyl (C=O) groups is 1. The van der Waals surface area contributed by atoms with E-state index >= 15 is 0 Å². The molecule has 0 spiro atoms. The highest BCUT2D eigenvalue weighted by atomic mass is 79.9. The van der Waals surface area contributed by atoms with Crippen molar-refractivity contribution in [3.8, 4) is 0 Å². The van der Waals surface area contributed by atoms with Crippen molar-refractivity contribution in [2.24, 2.45) is 0 Å². The lowest BCUT2D eigenvalue weighted by Gasteiger charge is -2.00. The quantitative estimate of drug-likeness (QED) is 0.882. The fourth-order valence-corrected chi connectivity index (χ4v) is 2.09. The predicted octanol–water partition coefficient (Wildman–Crippen LogP) is 3.52. The van der Waals surface area contributed by atoms with Gasteiger partial charge in [-0.05, 0) is 27.6 Å². The largest absolute Gasteiger partial charge is 0.297 e. The summed E-state index contributed by atoms with van der Waals surface area (Å²) in [7, 11) is 0. The second-order valence-corrected chi connectivity index (χ2v) is 4.94. The first-order valence-electron chi connectivity index (χ1n) is 4.89. The van der Waals surface area contributed by atoms with Gasteiger partial charge in [-0.2, -0.15) is 0 Å². The molecule has 0 unspecified atom stereocenters. The first-order chi connectivity index (χ1) is 8.25. The third-order valence-electron chi connectivity index (χ3n) is 1.96. The summed E-state index contributed by atoms with van der Waals surface area (Å²) in [5.41, 5.74) is 0.966. The smallest absolute Gasteiger partial charge is 0.264 e. The number of nitrogens with one attached hydrogen (secondary N) is 1. The summed E-state index contributed by atoms with van der Waals surface area (Å²) in [5, 5.41) is 5.10. The Hall–Kier alpha value is -1.46. The maximum atomic E-state index is 11.8. The molecule has 5 heteroatoms. The molecule has 3 nitrogen and oxygen atoms in total. The van der Waals surface area contributed by atoms with Crippen LogP contribution in [-0.4, -0.2) is 10.9 Å². The summed E-state index contributed by atoms with van der Waals surface area (Å²) in [6.07, 6.45) is 3.41. The Morgan fingerprint density at radius 2 is 2.12 bits per heavy atom. The average molecular weight is 309 g/mol. The minimum Gasteiger partial charge on any atom is -0.297 e. The summed E-state index contributed by atoms with van der Waals surface area (Å²) in [5.74, 6) is -0.205. The summed E-state index contributed by atoms with van der Waals surface area (Å²) in [4.78, 5) is 15.7. The van der Waals surface area contributed by atoms with E-state index in [2.05, 4.69) is 26.2 Å². The van der Waals surface area contributed by atoms with Gasteiger partial charge in [-0.25, -0.2) is 4.98 Å². The van der Waals surface area contributed by atoms with Crippen LogP contribution in [-0.2, 0) is 4.79 Å². The van der Waals surface area contributed by atoms with Crippen LogP contribution < -0.4 is 5.32 Å². The van der Waals surface area contributed by atoms with Gasteiger partial charge < -0.3 is 0 Å². The van der Waals surface area contributed by atoms with E-state index in [0.29, 0.717) is 9.61 Å². The first kappa shape index (κ1) is 12.0. The zero-order valence-electron chi connectivity index (χ0n) is 8.76. The molecule has 0 fully saturated rings. The van der Waals surface area contributed by atoms with Crippen LogP contribution in [0.25, 0.3) is 6.08 Å². The molecular formula is C12H9BrN2OS. The molecule has 1 N–H and O–H groups in total. The minimum absolute atomic E-state index is 0.205. The van der Waals surface area contributed by atoms with Crippen LogP contribution in [0.4, 0.5) is 5.13 Å². The van der Waals surface area contributed by atoms with Gasteiger partial charge in [-0.3, -0.25) is 10.1 Å². The molecule has 17 heavy (non-hydrogen) atoms. The van der Waals surface area contributed by atoms with Gasteiger partial charge in [0.15, 0.2) is 5.13 Å². The van der Waals surface area contributed by atoms with Gasteiger partial charge in [0.05, 0.1) is 4.48 Å². The van der Waals surface area contributed by atoms with Crippen LogP contribution in [0.2, 0.25) is 0 Å². The summed E-state index contributed by atoms with van der Waals surface area (Å²) >= 11 is 4.64. The highest BCUT2D eigenvalue weighted by Gasteiger charge is 2.07. The lowest BCUT2D eigenvalue weighted by atomic mass is 10.2. The number of anilines is 1. The molecule has 0 bridgehead atoms. The van der Waals surface area contributed by atoms with E-state index in [4.69, 9.17) is 0 Å². The van der Waals surface area contributed by atoms with Crippen molar-refractivity contribution in [1.29, 1.82) is 0 Å². The summed E-state index contributed by atoms with van der Waals surface area (Å²) in [6.45, 7) is 0. The second kappa shape index (κ2) is 5.75. The van der Waals surface area contributed by atoms with E-state index in [-0.39, 0.29) is 5.91 Å². The number of rotatable bonds is 3. The van der Waals surface area contributed by atoms with E-state index in [1.807, 2.05) is 35.7 Å². The fourth-order valence-electron chi connectivity index (χ4n) is 1.20. The third kappa shape index (κ3) is 3.51. The van der Waals surface area contributed by atoms with Crippen molar-refractivity contribution >= 4 is 44.4 Å². The van der Waals surface area contributed by atoms with Crippen molar-refractivity contribution in [1.82, 2.24) is 4.98 Å². The van der Waals surface area contributed by atoms with Crippen LogP contribution in [0, 0.1) is 0 Å². The van der Waals surface area contributed by atoms with Crippen molar-refractivity contribution < 1.29 is 4.79 Å². The Balaban J connectivity index is 2.07. The summed E-state index contributed by atoms with van der Waals surface area (Å²) in [6, 6.07) is 9.63. The fraction of sp³-hybridized carbons (Fsp3) is 0. The molecular weight excluding hydrogens is 300 g/mol. The molecule has 0 aliphatic carbocycles. The third-order valence-corrected chi connectivity index (χ3v) is 3.24. The number of aromatic nitrogens is 1. The van der Waals surface area contributed by atoms with E-state index in [1.165, 1.54) is 11.3 Å². The standard InChI is InChI=1S/C12H9BrN2OS/c13-10(8-9-4-2-1-3-5-9)11(16)15-12-14-6-7-17-12/h1-8H,(H,14,15,16)/b10-8-. The van der Waals surface area contributed by atoms with Crippen molar-refractivity contribution in [3.63, 3.8) is 0 Å². The van der Waals surface area contributed by atoms with Crippen molar-refractivity contribution in [2.45, 2.75) is 0 Å². The number of carbonyl (C=O) groups excluding carboxylic acids is 1. The number of benzene rings is 1. The SMILES string of the molecule is O=C(Nc1nccs1)/C(Br)=C/c1ccccc1. The number of halogens is 1. The van der Waals surface area contributed by atoms with E-state index in [9.17, 15) is 4.79 Å². The highest BCUT2D eigenvalue weighted by molar-refractivity contribution is 9.12. The molecule has 0 atom stereocenters. The van der Waals surface area contributed by atoms with Gasteiger partial charge >= 0.3 is 0 Å². The van der Waals surface area contributed by atoms with E-state index in [1.54, 1.807) is 12.3 Å². The Kier molecular flexibility index (Phi) is 4.06. The van der Waals surface area contributed by atoms with Crippen LogP contribution in [0.15, 0.2) is 46.4 Å². The van der Waals surface area contributed by atoms with Gasteiger partial charge in [-0.1, -0.05) is 30.3 Å². The zero-order valence-corrected chi connectivity index (χ0v) is 11.2. The molecule has 0 aliphatic heterocycles. The average Bonchev–Trinajstić information content (AvgIpc) is 2.83. The lowest BCUT2D eigenvalue weighted by Crippen LogP contribution is -2.10. The Bertz CT molecular complexity index is 523. The van der Waals surface area contributed by atoms with Gasteiger partial charge in [0, 0.05) is 11.6 Å². The van der Waals surface area contributed by atoms with Crippen LogP contribution in [0.1, 0.15) is 5.56 Å². The molecule has 1 aromatic heterocycles. The first-order valence-corrected chi connectivity index (χ1v) is 6.56. The normalized spacial score (nSPS) is 11.2. The lowest BCUT2D eigenvalue weighted by molar-refractivity contribution is -0.112. The maximum absolute atomic E-state index is 11.8. The topological polar surface area (TPSA) is 42.0 Å². The Labute approximate surface area is 111 Å². The molecule has 0 radical (unpaired) electrons. The molecule has 1 amide bonds. The molecule has 1 heterocycles. The van der Waals surface area contributed by atoms with Gasteiger partial charge in [-0.15, -0.1) is 11.3 Å². The summed E-state index contributed by atoms with van der Waals surface area (Å²) < 4.78 is 0.471. The maximum Gasteiger partial charge on any atom is 0.264 e. The van der Waals surface area contributed by atoms with Crippen molar-refractivity contribution in [3.05, 3.63) is 52.0 Å². The van der Waals surface area contributed by atoms with E-state index in [0.717, 1.165) is 5.56 Å². The number of hydrogen-bond acceptors (Lipinski definition) is 3. The van der Waals surface area contributed by atoms with Gasteiger partial charge in [0.25, 0.3) is 5.91 Å². The number of thiazole rings is 1. The predicted molar refractivity (Wildman–Crippen MR) is 74.1 cm³/mol. The monoisotopic (exact) mass is 308 g/mol. The number of amides is 1. The Morgan fingerprint density at radius 3 is 2.76 bits per heavy atom. The molecule has 2 rings (SSSR count). The molecule has 2 aromatic rings. The number of nitrogens with zero attached hydrogens (tertiary/aromatic N) is 1.